The Bertz CT molecular complexity index is 623. The zero-order valence-corrected chi connectivity index (χ0v) is 15.6. The van der Waals surface area contributed by atoms with Crippen LogP contribution in [-0.2, 0) is 11.3 Å². The van der Waals surface area contributed by atoms with Crippen LogP contribution in [0.5, 0.6) is 0 Å². The minimum Gasteiger partial charge on any atom is -0.355 e. The lowest BCUT2D eigenvalue weighted by Crippen LogP contribution is -2.49. The van der Waals surface area contributed by atoms with Crippen molar-refractivity contribution in [1.82, 2.24) is 15.1 Å². The molecule has 142 valence electrons. The van der Waals surface area contributed by atoms with Gasteiger partial charge in [0.15, 0.2) is 0 Å². The summed E-state index contributed by atoms with van der Waals surface area (Å²) in [6, 6.07) is 6.96. The Morgan fingerprint density at radius 2 is 1.85 bits per heavy atom. The lowest BCUT2D eigenvalue weighted by Gasteiger charge is -2.34. The Balaban J connectivity index is 1.32. The summed E-state index contributed by atoms with van der Waals surface area (Å²) < 4.78 is 13.8. The van der Waals surface area contributed by atoms with Crippen molar-refractivity contribution in [3.05, 3.63) is 47.3 Å². The smallest absolute Gasteiger partial charge is 0.234 e. The minimum atomic E-state index is -0.137. The molecule has 1 fully saturated rings. The molecule has 1 aromatic rings. The number of nitrogens with zero attached hydrogens (tertiary/aromatic N) is 2. The third-order valence-electron chi connectivity index (χ3n) is 5.34. The molecule has 0 saturated carbocycles. The lowest BCUT2D eigenvalue weighted by atomic mass is 9.97. The van der Waals surface area contributed by atoms with Crippen LogP contribution >= 0.6 is 0 Å². The van der Waals surface area contributed by atoms with Crippen LogP contribution in [-0.4, -0.2) is 55.0 Å². The number of carbonyl (C=O) groups is 1. The first kappa shape index (κ1) is 19.1. The van der Waals surface area contributed by atoms with E-state index in [4.69, 9.17) is 0 Å². The van der Waals surface area contributed by atoms with Crippen molar-refractivity contribution < 1.29 is 9.18 Å². The molecule has 1 aromatic carbocycles. The topological polar surface area (TPSA) is 35.6 Å². The number of allylic oxidation sites excluding steroid dienone is 1. The maximum absolute atomic E-state index is 13.8. The predicted molar refractivity (Wildman–Crippen MR) is 102 cm³/mol. The number of halogens is 1. The number of hydrogen-bond acceptors (Lipinski definition) is 3. The van der Waals surface area contributed by atoms with E-state index >= 15 is 0 Å². The van der Waals surface area contributed by atoms with E-state index in [0.717, 1.165) is 44.7 Å². The zero-order valence-electron chi connectivity index (χ0n) is 15.6. The number of hydrogen-bond donors (Lipinski definition) is 1. The van der Waals surface area contributed by atoms with Gasteiger partial charge in [-0.05, 0) is 38.2 Å². The molecule has 26 heavy (non-hydrogen) atoms. The molecule has 1 N–H and O–H groups in total. The summed E-state index contributed by atoms with van der Waals surface area (Å²) in [5.41, 5.74) is 2.24. The second-order valence-corrected chi connectivity index (χ2v) is 7.35. The molecular formula is C21H30FN3O. The number of nitrogens with one attached hydrogen (secondary N) is 1. The van der Waals surface area contributed by atoms with Crippen molar-refractivity contribution in [3.8, 4) is 0 Å². The highest BCUT2D eigenvalue weighted by Gasteiger charge is 2.19. The SMILES string of the molecule is O=C(CN1CCN(Cc2ccccc2F)CC1)NCCC1=CCCCC1. The van der Waals surface area contributed by atoms with Crippen molar-refractivity contribution in [1.29, 1.82) is 0 Å². The molecular weight excluding hydrogens is 329 g/mol. The lowest BCUT2D eigenvalue weighted by molar-refractivity contribution is -0.122. The van der Waals surface area contributed by atoms with Crippen molar-refractivity contribution in [2.45, 2.75) is 38.6 Å². The third-order valence-corrected chi connectivity index (χ3v) is 5.34. The molecule has 0 radical (unpaired) electrons. The molecule has 4 nitrogen and oxygen atoms in total. The molecule has 2 aliphatic rings. The van der Waals surface area contributed by atoms with E-state index < -0.39 is 0 Å². The number of benzene rings is 1. The van der Waals surface area contributed by atoms with Gasteiger partial charge in [-0.1, -0.05) is 29.8 Å². The Kier molecular flexibility index (Phi) is 7.21. The van der Waals surface area contributed by atoms with Crippen molar-refractivity contribution in [2.24, 2.45) is 0 Å². The second kappa shape index (κ2) is 9.83. The van der Waals surface area contributed by atoms with Crippen LogP contribution in [0.4, 0.5) is 4.39 Å². The van der Waals surface area contributed by atoms with Crippen LogP contribution in [0, 0.1) is 5.82 Å². The van der Waals surface area contributed by atoms with Gasteiger partial charge in [0.2, 0.25) is 5.91 Å². The van der Waals surface area contributed by atoms with Gasteiger partial charge in [0.05, 0.1) is 6.54 Å². The Hall–Kier alpha value is -1.72. The van der Waals surface area contributed by atoms with Crippen LogP contribution in [0.1, 0.15) is 37.7 Å². The molecule has 0 unspecified atom stereocenters. The fourth-order valence-electron chi connectivity index (χ4n) is 3.73. The number of piperazine rings is 1. The summed E-state index contributed by atoms with van der Waals surface area (Å²) in [7, 11) is 0. The van der Waals surface area contributed by atoms with E-state index in [0.29, 0.717) is 13.1 Å². The molecule has 1 heterocycles. The average molecular weight is 359 g/mol. The van der Waals surface area contributed by atoms with Gasteiger partial charge >= 0.3 is 0 Å². The van der Waals surface area contributed by atoms with Gasteiger partial charge in [0.1, 0.15) is 5.82 Å². The fourth-order valence-corrected chi connectivity index (χ4v) is 3.73. The summed E-state index contributed by atoms with van der Waals surface area (Å²) in [4.78, 5) is 16.6. The van der Waals surface area contributed by atoms with Gasteiger partial charge in [0, 0.05) is 44.8 Å². The largest absolute Gasteiger partial charge is 0.355 e. The molecule has 1 saturated heterocycles. The number of amides is 1. The first-order valence-corrected chi connectivity index (χ1v) is 9.83. The van der Waals surface area contributed by atoms with Gasteiger partial charge < -0.3 is 5.32 Å². The molecule has 1 aliphatic heterocycles. The van der Waals surface area contributed by atoms with Gasteiger partial charge in [-0.25, -0.2) is 4.39 Å². The Morgan fingerprint density at radius 3 is 2.58 bits per heavy atom. The van der Waals surface area contributed by atoms with E-state index in [1.165, 1.54) is 37.3 Å². The highest BCUT2D eigenvalue weighted by molar-refractivity contribution is 5.78. The molecule has 0 spiro atoms. The normalized spacial score (nSPS) is 19.2. The molecule has 0 bridgehead atoms. The first-order chi connectivity index (χ1) is 12.7. The second-order valence-electron chi connectivity index (χ2n) is 7.35. The first-order valence-electron chi connectivity index (χ1n) is 9.83. The van der Waals surface area contributed by atoms with E-state index in [2.05, 4.69) is 21.2 Å². The van der Waals surface area contributed by atoms with Crippen LogP contribution < -0.4 is 5.32 Å². The summed E-state index contributed by atoms with van der Waals surface area (Å²) in [5.74, 6) is -0.0219. The highest BCUT2D eigenvalue weighted by atomic mass is 19.1. The van der Waals surface area contributed by atoms with E-state index in [1.54, 1.807) is 6.07 Å². The molecule has 1 amide bonds. The monoisotopic (exact) mass is 359 g/mol. The van der Waals surface area contributed by atoms with Crippen molar-refractivity contribution in [2.75, 3.05) is 39.3 Å². The predicted octanol–water partition coefficient (Wildman–Crippen LogP) is 2.95. The minimum absolute atomic E-state index is 0.115. The zero-order chi connectivity index (χ0) is 18.2. The maximum Gasteiger partial charge on any atom is 0.234 e. The molecule has 3 rings (SSSR count). The summed E-state index contributed by atoms with van der Waals surface area (Å²) in [6.45, 7) is 5.30. The highest BCUT2D eigenvalue weighted by Crippen LogP contribution is 2.19. The van der Waals surface area contributed by atoms with Gasteiger partial charge in [-0.15, -0.1) is 0 Å². The standard InChI is InChI=1S/C21H30FN3O/c22-20-9-5-4-8-19(20)16-24-12-14-25(15-13-24)17-21(26)23-11-10-18-6-2-1-3-7-18/h4-6,8-9H,1-3,7,10-17H2,(H,23,26). The Morgan fingerprint density at radius 1 is 1.08 bits per heavy atom. The quantitative estimate of drug-likeness (QED) is 0.761. The van der Waals surface area contributed by atoms with Crippen LogP contribution in [0.3, 0.4) is 0 Å². The van der Waals surface area contributed by atoms with E-state index in [9.17, 15) is 9.18 Å². The number of rotatable bonds is 7. The molecule has 1 aliphatic carbocycles. The maximum atomic E-state index is 13.8. The molecule has 0 aromatic heterocycles. The molecule has 5 heteroatoms. The summed E-state index contributed by atoms with van der Waals surface area (Å²) in [6.07, 6.45) is 8.31. The molecule has 0 atom stereocenters. The average Bonchev–Trinajstić information content (AvgIpc) is 2.66. The van der Waals surface area contributed by atoms with E-state index in [1.807, 2.05) is 12.1 Å². The van der Waals surface area contributed by atoms with Gasteiger partial charge in [0.25, 0.3) is 0 Å². The van der Waals surface area contributed by atoms with Gasteiger partial charge in [-0.3, -0.25) is 14.6 Å². The van der Waals surface area contributed by atoms with Gasteiger partial charge in [-0.2, -0.15) is 0 Å². The fraction of sp³-hybridized carbons (Fsp3) is 0.571. The number of carbonyl (C=O) groups excluding carboxylic acids is 1. The summed E-state index contributed by atoms with van der Waals surface area (Å²) in [5, 5.41) is 3.05. The van der Waals surface area contributed by atoms with Crippen LogP contribution in [0.15, 0.2) is 35.9 Å². The summed E-state index contributed by atoms with van der Waals surface area (Å²) >= 11 is 0. The van der Waals surface area contributed by atoms with Crippen molar-refractivity contribution >= 4 is 5.91 Å². The van der Waals surface area contributed by atoms with Crippen LogP contribution in [0.25, 0.3) is 0 Å². The third kappa shape index (κ3) is 5.92. The van der Waals surface area contributed by atoms with E-state index in [-0.39, 0.29) is 11.7 Å². The van der Waals surface area contributed by atoms with Crippen molar-refractivity contribution in [3.63, 3.8) is 0 Å². The Labute approximate surface area is 156 Å². The van der Waals surface area contributed by atoms with Crippen LogP contribution in [0.2, 0.25) is 0 Å².